The summed E-state index contributed by atoms with van der Waals surface area (Å²) in [7, 11) is 0. The van der Waals surface area contributed by atoms with Crippen LogP contribution < -0.4 is 5.32 Å². The van der Waals surface area contributed by atoms with Crippen LogP contribution in [-0.2, 0) is 0 Å². The highest BCUT2D eigenvalue weighted by atomic mass is 14.9. The Morgan fingerprint density at radius 1 is 1.28 bits per heavy atom. The largest absolute Gasteiger partial charge is 0.310 e. The van der Waals surface area contributed by atoms with Crippen LogP contribution in [0.2, 0.25) is 0 Å². The molecule has 0 spiro atoms. The van der Waals surface area contributed by atoms with Gasteiger partial charge in [-0.05, 0) is 74.7 Å². The minimum absolute atomic E-state index is 0.542. The zero-order valence-corrected chi connectivity index (χ0v) is 12.4. The van der Waals surface area contributed by atoms with E-state index in [1.807, 2.05) is 0 Å². The van der Waals surface area contributed by atoms with E-state index in [0.29, 0.717) is 16.9 Å². The molecule has 4 saturated carbocycles. The van der Waals surface area contributed by atoms with Gasteiger partial charge in [0.05, 0.1) is 0 Å². The van der Waals surface area contributed by atoms with Gasteiger partial charge in [-0.15, -0.1) is 0 Å². The average molecular weight is 247 g/mol. The Labute approximate surface area is 112 Å². The van der Waals surface area contributed by atoms with Crippen molar-refractivity contribution in [3.8, 4) is 0 Å². The standard InChI is InChI=1S/C17H29N/c1-5-18-15(12(2)3)17-9-13-6-14(10-17)8-16(4,7-13)11-17/h13-15,18H,2,5-11H2,1,3-4H3. The van der Waals surface area contributed by atoms with Gasteiger partial charge in [0.1, 0.15) is 0 Å². The fraction of sp³-hybridized carbons (Fsp3) is 0.882. The Balaban J connectivity index is 1.92. The van der Waals surface area contributed by atoms with Gasteiger partial charge in [0.2, 0.25) is 0 Å². The van der Waals surface area contributed by atoms with E-state index in [9.17, 15) is 0 Å². The molecule has 3 atom stereocenters. The maximum Gasteiger partial charge on any atom is 0.0331 e. The van der Waals surface area contributed by atoms with Crippen LogP contribution in [0.4, 0.5) is 0 Å². The van der Waals surface area contributed by atoms with E-state index in [2.05, 4.69) is 32.7 Å². The monoisotopic (exact) mass is 247 g/mol. The lowest BCUT2D eigenvalue weighted by molar-refractivity contribution is -0.112. The molecule has 4 aliphatic rings. The van der Waals surface area contributed by atoms with E-state index in [0.717, 1.165) is 18.4 Å². The maximum atomic E-state index is 4.29. The smallest absolute Gasteiger partial charge is 0.0331 e. The molecule has 4 aliphatic carbocycles. The third kappa shape index (κ3) is 1.86. The second-order valence-corrected chi connectivity index (χ2v) is 7.97. The van der Waals surface area contributed by atoms with Crippen molar-refractivity contribution in [2.24, 2.45) is 22.7 Å². The summed E-state index contributed by atoms with van der Waals surface area (Å²) in [5.41, 5.74) is 2.55. The Kier molecular flexibility index (Phi) is 2.89. The van der Waals surface area contributed by atoms with Gasteiger partial charge >= 0.3 is 0 Å². The summed E-state index contributed by atoms with van der Waals surface area (Å²) in [6.45, 7) is 12.4. The Morgan fingerprint density at radius 2 is 1.89 bits per heavy atom. The molecular weight excluding hydrogens is 218 g/mol. The lowest BCUT2D eigenvalue weighted by Crippen LogP contribution is -2.58. The quantitative estimate of drug-likeness (QED) is 0.736. The van der Waals surface area contributed by atoms with Gasteiger partial charge in [-0.2, -0.15) is 0 Å². The molecule has 0 aromatic rings. The van der Waals surface area contributed by atoms with Crippen molar-refractivity contribution >= 4 is 0 Å². The van der Waals surface area contributed by atoms with Crippen LogP contribution in [-0.4, -0.2) is 12.6 Å². The van der Waals surface area contributed by atoms with Gasteiger partial charge in [-0.1, -0.05) is 26.0 Å². The van der Waals surface area contributed by atoms with E-state index in [4.69, 9.17) is 0 Å². The van der Waals surface area contributed by atoms with Gasteiger partial charge in [-0.25, -0.2) is 0 Å². The first-order valence-corrected chi connectivity index (χ1v) is 7.85. The highest BCUT2D eigenvalue weighted by Gasteiger charge is 2.58. The number of hydrogen-bond donors (Lipinski definition) is 1. The molecule has 1 nitrogen and oxygen atoms in total. The molecule has 102 valence electrons. The van der Waals surface area contributed by atoms with Crippen LogP contribution in [0, 0.1) is 22.7 Å². The van der Waals surface area contributed by atoms with Crippen molar-refractivity contribution < 1.29 is 0 Å². The average Bonchev–Trinajstić information content (AvgIpc) is 2.21. The van der Waals surface area contributed by atoms with Crippen molar-refractivity contribution in [1.29, 1.82) is 0 Å². The fourth-order valence-corrected chi connectivity index (χ4v) is 6.25. The molecule has 0 amide bonds. The van der Waals surface area contributed by atoms with Crippen LogP contribution in [0.3, 0.4) is 0 Å². The minimum Gasteiger partial charge on any atom is -0.310 e. The SMILES string of the molecule is C=C(C)C(NCC)C12CC3CC(CC(C)(C3)C1)C2. The second-order valence-electron chi connectivity index (χ2n) is 7.97. The number of likely N-dealkylation sites (N-methyl/N-ethyl adjacent to an activating group) is 1. The third-order valence-corrected chi connectivity index (χ3v) is 5.91. The molecule has 3 unspecified atom stereocenters. The molecule has 0 aliphatic heterocycles. The van der Waals surface area contributed by atoms with Crippen LogP contribution in [0.15, 0.2) is 12.2 Å². The van der Waals surface area contributed by atoms with Crippen molar-refractivity contribution in [3.05, 3.63) is 12.2 Å². The normalized spacial score (nSPS) is 47.3. The topological polar surface area (TPSA) is 12.0 Å². The second kappa shape index (κ2) is 4.10. The number of nitrogens with one attached hydrogen (secondary N) is 1. The van der Waals surface area contributed by atoms with Crippen molar-refractivity contribution in [2.45, 2.75) is 65.3 Å². The summed E-state index contributed by atoms with van der Waals surface area (Å²) in [5.74, 6) is 2.02. The summed E-state index contributed by atoms with van der Waals surface area (Å²) in [6.07, 6.45) is 8.89. The lowest BCUT2D eigenvalue weighted by atomic mass is 9.43. The molecule has 0 aromatic heterocycles. The summed E-state index contributed by atoms with van der Waals surface area (Å²) in [5, 5.41) is 3.76. The first kappa shape index (κ1) is 12.7. The van der Waals surface area contributed by atoms with Gasteiger partial charge in [0.25, 0.3) is 0 Å². The Morgan fingerprint density at radius 3 is 2.33 bits per heavy atom. The lowest BCUT2D eigenvalue weighted by Gasteiger charge is -2.63. The zero-order chi connectivity index (χ0) is 13.0. The van der Waals surface area contributed by atoms with Gasteiger partial charge < -0.3 is 5.32 Å². The Bertz CT molecular complexity index is 343. The number of rotatable bonds is 4. The van der Waals surface area contributed by atoms with Crippen molar-refractivity contribution in [2.75, 3.05) is 6.54 Å². The maximum absolute atomic E-state index is 4.29. The molecule has 1 heteroatoms. The summed E-state index contributed by atoms with van der Waals surface area (Å²) >= 11 is 0. The molecule has 4 bridgehead atoms. The van der Waals surface area contributed by atoms with E-state index in [1.165, 1.54) is 44.1 Å². The van der Waals surface area contributed by atoms with Gasteiger partial charge in [-0.3, -0.25) is 0 Å². The molecule has 1 N–H and O–H groups in total. The van der Waals surface area contributed by atoms with Crippen LogP contribution in [0.1, 0.15) is 59.3 Å². The fourth-order valence-electron chi connectivity index (χ4n) is 6.25. The van der Waals surface area contributed by atoms with Crippen molar-refractivity contribution in [3.63, 3.8) is 0 Å². The van der Waals surface area contributed by atoms with Crippen LogP contribution in [0.5, 0.6) is 0 Å². The minimum atomic E-state index is 0.542. The summed E-state index contributed by atoms with van der Waals surface area (Å²) in [6, 6.07) is 0.563. The summed E-state index contributed by atoms with van der Waals surface area (Å²) < 4.78 is 0. The molecular formula is C17H29N. The molecule has 0 saturated heterocycles. The predicted octanol–water partition coefficient (Wildman–Crippen LogP) is 4.15. The van der Waals surface area contributed by atoms with E-state index >= 15 is 0 Å². The third-order valence-electron chi connectivity index (χ3n) is 5.91. The van der Waals surface area contributed by atoms with Crippen molar-refractivity contribution in [1.82, 2.24) is 5.32 Å². The zero-order valence-electron chi connectivity index (χ0n) is 12.4. The summed E-state index contributed by atoms with van der Waals surface area (Å²) in [4.78, 5) is 0. The molecule has 4 rings (SSSR count). The van der Waals surface area contributed by atoms with E-state index in [1.54, 1.807) is 0 Å². The predicted molar refractivity (Wildman–Crippen MR) is 77.5 cm³/mol. The molecule has 4 fully saturated rings. The number of hydrogen-bond acceptors (Lipinski definition) is 1. The van der Waals surface area contributed by atoms with E-state index in [-0.39, 0.29) is 0 Å². The highest BCUT2D eigenvalue weighted by molar-refractivity contribution is 5.17. The molecule has 18 heavy (non-hydrogen) atoms. The molecule has 0 radical (unpaired) electrons. The molecule has 0 heterocycles. The van der Waals surface area contributed by atoms with Crippen LogP contribution in [0.25, 0.3) is 0 Å². The van der Waals surface area contributed by atoms with Gasteiger partial charge in [0.15, 0.2) is 0 Å². The molecule has 0 aromatic carbocycles. The highest BCUT2D eigenvalue weighted by Crippen LogP contribution is 2.66. The van der Waals surface area contributed by atoms with Gasteiger partial charge in [0, 0.05) is 6.04 Å². The first-order chi connectivity index (χ1) is 8.46. The Hall–Kier alpha value is -0.300. The van der Waals surface area contributed by atoms with Crippen LogP contribution >= 0.6 is 0 Å². The first-order valence-electron chi connectivity index (χ1n) is 7.85. The van der Waals surface area contributed by atoms with E-state index < -0.39 is 0 Å².